The molecule has 0 aliphatic carbocycles. The van der Waals surface area contributed by atoms with Gasteiger partial charge in [-0.3, -0.25) is 4.68 Å². The van der Waals surface area contributed by atoms with E-state index in [1.165, 1.54) is 0 Å². The molecule has 1 saturated heterocycles. The molecular weight excluding hydrogens is 322 g/mol. The summed E-state index contributed by atoms with van der Waals surface area (Å²) in [4.78, 5) is 0. The van der Waals surface area contributed by atoms with Crippen LogP contribution in [0.4, 0.5) is 0 Å². The fourth-order valence-corrected chi connectivity index (χ4v) is 3.10. The van der Waals surface area contributed by atoms with Crippen molar-refractivity contribution in [2.24, 2.45) is 5.92 Å². The van der Waals surface area contributed by atoms with Gasteiger partial charge in [0.25, 0.3) is 0 Å². The molecule has 0 aromatic carbocycles. The number of halogens is 2. The first-order chi connectivity index (χ1) is 9.90. The third kappa shape index (κ3) is 4.19. The van der Waals surface area contributed by atoms with Crippen molar-refractivity contribution in [2.75, 3.05) is 0 Å². The maximum Gasteiger partial charge on any atom is 0.498 e. The van der Waals surface area contributed by atoms with Crippen molar-refractivity contribution in [1.82, 2.24) is 9.78 Å². The summed E-state index contributed by atoms with van der Waals surface area (Å²) in [6, 6.07) is 0. The summed E-state index contributed by atoms with van der Waals surface area (Å²) in [5.74, 6) is 0.325. The zero-order valence-electron chi connectivity index (χ0n) is 14.2. The van der Waals surface area contributed by atoms with Gasteiger partial charge in [-0.15, -0.1) is 23.2 Å². The molecular formula is C15H25BCl2N2O2. The van der Waals surface area contributed by atoms with Crippen molar-refractivity contribution < 1.29 is 9.31 Å². The molecule has 0 N–H and O–H groups in total. The van der Waals surface area contributed by atoms with Crippen LogP contribution >= 0.6 is 23.2 Å². The van der Waals surface area contributed by atoms with Gasteiger partial charge < -0.3 is 9.31 Å². The van der Waals surface area contributed by atoms with Gasteiger partial charge in [0.1, 0.15) is 4.33 Å². The number of aromatic nitrogens is 2. The van der Waals surface area contributed by atoms with Gasteiger partial charge in [-0.1, -0.05) is 6.92 Å². The van der Waals surface area contributed by atoms with E-state index in [4.69, 9.17) is 32.5 Å². The molecule has 0 amide bonds. The third-order valence-electron chi connectivity index (χ3n) is 4.38. The van der Waals surface area contributed by atoms with Crippen LogP contribution in [0.25, 0.3) is 0 Å². The van der Waals surface area contributed by atoms with E-state index in [2.05, 4.69) is 12.0 Å². The van der Waals surface area contributed by atoms with E-state index in [9.17, 15) is 0 Å². The predicted molar refractivity (Wildman–Crippen MR) is 91.8 cm³/mol. The van der Waals surface area contributed by atoms with Crippen LogP contribution < -0.4 is 5.46 Å². The summed E-state index contributed by atoms with van der Waals surface area (Å²) < 4.78 is 13.2. The molecule has 124 valence electrons. The highest BCUT2D eigenvalue weighted by Crippen LogP contribution is 2.36. The molecule has 0 spiro atoms. The lowest BCUT2D eigenvalue weighted by molar-refractivity contribution is 0.00578. The molecule has 1 fully saturated rings. The van der Waals surface area contributed by atoms with Gasteiger partial charge in [0.05, 0.1) is 11.2 Å². The summed E-state index contributed by atoms with van der Waals surface area (Å²) in [5.41, 5.74) is 0.253. The van der Waals surface area contributed by atoms with Crippen molar-refractivity contribution in [1.29, 1.82) is 0 Å². The van der Waals surface area contributed by atoms with Crippen LogP contribution in [-0.2, 0) is 15.9 Å². The largest absolute Gasteiger partial charge is 0.498 e. The number of rotatable bonds is 5. The summed E-state index contributed by atoms with van der Waals surface area (Å²) in [6.07, 6.45) is 4.48. The fraction of sp³-hybridized carbons (Fsp3) is 0.800. The SMILES string of the molecule is CC(Cn1cc(B2OC(C)(C)C(C)(C)O2)cn1)CC(C)(Cl)Cl. The number of hydrogen-bond donors (Lipinski definition) is 0. The fourth-order valence-electron chi connectivity index (χ4n) is 2.58. The van der Waals surface area contributed by atoms with Crippen LogP contribution in [0.1, 0.15) is 48.0 Å². The first kappa shape index (κ1) is 18.1. The van der Waals surface area contributed by atoms with Gasteiger partial charge in [0.2, 0.25) is 0 Å². The molecule has 0 saturated carbocycles. The van der Waals surface area contributed by atoms with Crippen LogP contribution in [0.2, 0.25) is 0 Å². The third-order valence-corrected chi connectivity index (χ3v) is 4.69. The minimum atomic E-state index is -0.707. The topological polar surface area (TPSA) is 36.3 Å². The minimum absolute atomic E-state index is 0.325. The Morgan fingerprint density at radius 3 is 2.32 bits per heavy atom. The molecule has 1 aliphatic heterocycles. The van der Waals surface area contributed by atoms with Crippen LogP contribution in [0.3, 0.4) is 0 Å². The number of nitrogens with zero attached hydrogens (tertiary/aromatic N) is 2. The Kier molecular flexibility index (Phi) is 4.95. The summed E-state index contributed by atoms with van der Waals surface area (Å²) in [6.45, 7) is 12.9. The zero-order chi connectivity index (χ0) is 16.8. The van der Waals surface area contributed by atoms with Crippen molar-refractivity contribution >= 4 is 35.8 Å². The lowest BCUT2D eigenvalue weighted by atomic mass is 9.82. The number of hydrogen-bond acceptors (Lipinski definition) is 3. The van der Waals surface area contributed by atoms with Crippen LogP contribution in [0, 0.1) is 5.92 Å². The van der Waals surface area contributed by atoms with Gasteiger partial charge in [-0.05, 0) is 47.0 Å². The highest BCUT2D eigenvalue weighted by atomic mass is 35.5. The highest BCUT2D eigenvalue weighted by Gasteiger charge is 2.52. The van der Waals surface area contributed by atoms with E-state index >= 15 is 0 Å². The molecule has 7 heteroatoms. The Morgan fingerprint density at radius 2 is 1.82 bits per heavy atom. The lowest BCUT2D eigenvalue weighted by Gasteiger charge is -2.32. The van der Waals surface area contributed by atoms with E-state index in [-0.39, 0.29) is 18.3 Å². The van der Waals surface area contributed by atoms with Gasteiger partial charge in [-0.25, -0.2) is 0 Å². The van der Waals surface area contributed by atoms with Gasteiger partial charge in [0, 0.05) is 24.4 Å². The predicted octanol–water partition coefficient (Wildman–Crippen LogP) is 3.40. The minimum Gasteiger partial charge on any atom is -0.399 e. The molecule has 22 heavy (non-hydrogen) atoms. The smallest absolute Gasteiger partial charge is 0.399 e. The molecule has 0 radical (unpaired) electrons. The quantitative estimate of drug-likeness (QED) is 0.605. The number of alkyl halides is 2. The Balaban J connectivity index is 2.01. The van der Waals surface area contributed by atoms with Gasteiger partial charge >= 0.3 is 7.12 Å². The summed E-state index contributed by atoms with van der Waals surface area (Å²) in [5, 5.41) is 4.40. The Bertz CT molecular complexity index is 510. The summed E-state index contributed by atoms with van der Waals surface area (Å²) in [7, 11) is -0.375. The maximum atomic E-state index is 6.06. The van der Waals surface area contributed by atoms with Gasteiger partial charge in [-0.2, -0.15) is 5.10 Å². The Morgan fingerprint density at radius 1 is 1.27 bits per heavy atom. The monoisotopic (exact) mass is 346 g/mol. The Hall–Kier alpha value is -0.225. The molecule has 1 atom stereocenters. The van der Waals surface area contributed by atoms with Crippen LogP contribution in [0.5, 0.6) is 0 Å². The van der Waals surface area contributed by atoms with Crippen molar-refractivity contribution in [3.63, 3.8) is 0 Å². The van der Waals surface area contributed by atoms with Crippen molar-refractivity contribution in [2.45, 2.75) is 70.0 Å². The maximum absolute atomic E-state index is 6.06. The Labute approximate surface area is 143 Å². The molecule has 1 aromatic heterocycles. The zero-order valence-corrected chi connectivity index (χ0v) is 15.7. The van der Waals surface area contributed by atoms with E-state index in [0.29, 0.717) is 12.3 Å². The first-order valence-electron chi connectivity index (χ1n) is 7.65. The first-order valence-corrected chi connectivity index (χ1v) is 8.41. The molecule has 4 nitrogen and oxygen atoms in total. The molecule has 2 heterocycles. The normalized spacial score (nSPS) is 22.1. The average molecular weight is 347 g/mol. The van der Waals surface area contributed by atoms with E-state index in [1.807, 2.05) is 45.5 Å². The van der Waals surface area contributed by atoms with Gasteiger partial charge in [0.15, 0.2) is 0 Å². The highest BCUT2D eigenvalue weighted by molar-refractivity contribution is 6.62. The molecule has 1 aromatic rings. The van der Waals surface area contributed by atoms with Crippen LogP contribution in [0.15, 0.2) is 12.4 Å². The van der Waals surface area contributed by atoms with Crippen molar-refractivity contribution in [3.05, 3.63) is 12.4 Å². The second kappa shape index (κ2) is 6.01. The molecule has 2 rings (SSSR count). The molecule has 1 unspecified atom stereocenters. The second-order valence-electron chi connectivity index (χ2n) is 7.46. The second-order valence-corrected chi connectivity index (χ2v) is 9.33. The molecule has 0 bridgehead atoms. The van der Waals surface area contributed by atoms with Crippen LogP contribution in [-0.4, -0.2) is 32.4 Å². The van der Waals surface area contributed by atoms with E-state index in [0.717, 1.165) is 12.0 Å². The van der Waals surface area contributed by atoms with E-state index in [1.54, 1.807) is 6.20 Å². The van der Waals surface area contributed by atoms with E-state index < -0.39 is 4.33 Å². The standard InChI is InChI=1S/C15H25BCl2N2O2/c1-11(7-15(6,17)18)9-20-10-12(8-19-20)16-21-13(2,3)14(4,5)22-16/h8,10-11H,7,9H2,1-6H3. The average Bonchev–Trinajstić information content (AvgIpc) is 2.79. The summed E-state index contributed by atoms with van der Waals surface area (Å²) >= 11 is 12.1. The van der Waals surface area contributed by atoms with Crippen molar-refractivity contribution in [3.8, 4) is 0 Å². The lowest BCUT2D eigenvalue weighted by Crippen LogP contribution is -2.41. The molecule has 1 aliphatic rings.